The highest BCUT2D eigenvalue weighted by Crippen LogP contribution is 2.45. The summed E-state index contributed by atoms with van der Waals surface area (Å²) in [5.74, 6) is 0.185. The molecule has 0 N–H and O–H groups in total. The fourth-order valence-corrected chi connectivity index (χ4v) is 4.88. The van der Waals surface area contributed by atoms with Crippen molar-refractivity contribution in [3.63, 3.8) is 0 Å². The number of sulfonamides is 1. The maximum Gasteiger partial charge on any atom is 0.291 e. The van der Waals surface area contributed by atoms with Crippen LogP contribution in [-0.2, 0) is 14.8 Å². The van der Waals surface area contributed by atoms with Gasteiger partial charge in [0, 0.05) is 51.6 Å². The summed E-state index contributed by atoms with van der Waals surface area (Å²) in [7, 11) is -1.58. The Balaban J connectivity index is 1.71. The molecule has 1 aromatic rings. The molecular weight excluding hydrogens is 344 g/mol. The van der Waals surface area contributed by atoms with Crippen molar-refractivity contribution in [3.8, 4) is 0 Å². The third-order valence-corrected chi connectivity index (χ3v) is 6.64. The topological polar surface area (TPSA) is 92.7 Å². The van der Waals surface area contributed by atoms with E-state index in [-0.39, 0.29) is 23.1 Å². The van der Waals surface area contributed by atoms with Crippen molar-refractivity contribution in [1.29, 1.82) is 0 Å². The molecular formula is C16H24N4O4S. The molecule has 2 aliphatic heterocycles. The van der Waals surface area contributed by atoms with E-state index in [0.717, 1.165) is 12.8 Å². The van der Waals surface area contributed by atoms with Crippen LogP contribution in [-0.4, -0.2) is 79.6 Å². The van der Waals surface area contributed by atoms with E-state index in [1.165, 1.54) is 6.26 Å². The standard InChI is InChI=1S/C16H24N4O4S/c1-24-11-13-10-20(25(2,22)23)12-16(13)4-8-19(9-5-16)15(21)14-17-6-3-7-18-14/h3,6-7,13H,4-5,8-12H2,1-2H3/t13-/m1/s1. The Morgan fingerprint density at radius 3 is 2.52 bits per heavy atom. The van der Waals surface area contributed by atoms with Gasteiger partial charge in [0.25, 0.3) is 5.91 Å². The van der Waals surface area contributed by atoms with Gasteiger partial charge in [-0.05, 0) is 24.3 Å². The molecule has 1 spiro atoms. The van der Waals surface area contributed by atoms with Crippen molar-refractivity contribution in [2.24, 2.45) is 11.3 Å². The van der Waals surface area contributed by atoms with Crippen LogP contribution >= 0.6 is 0 Å². The van der Waals surface area contributed by atoms with Crippen LogP contribution in [0.2, 0.25) is 0 Å². The van der Waals surface area contributed by atoms with Gasteiger partial charge in [0.15, 0.2) is 0 Å². The number of carbonyl (C=O) groups excluding carboxylic acids is 1. The molecule has 138 valence electrons. The second kappa shape index (κ2) is 6.97. The molecule has 2 aliphatic rings. The number of methoxy groups -OCH3 is 1. The normalized spacial score (nSPS) is 23.9. The van der Waals surface area contributed by atoms with Gasteiger partial charge >= 0.3 is 0 Å². The van der Waals surface area contributed by atoms with Gasteiger partial charge in [0.2, 0.25) is 15.8 Å². The van der Waals surface area contributed by atoms with E-state index < -0.39 is 10.0 Å². The van der Waals surface area contributed by atoms with Gasteiger partial charge < -0.3 is 9.64 Å². The fourth-order valence-electron chi connectivity index (χ4n) is 3.94. The van der Waals surface area contributed by atoms with Crippen LogP contribution in [0.4, 0.5) is 0 Å². The molecule has 0 aromatic carbocycles. The second-order valence-corrected chi connectivity index (χ2v) is 8.92. The van der Waals surface area contributed by atoms with Crippen LogP contribution in [0.5, 0.6) is 0 Å². The number of likely N-dealkylation sites (tertiary alicyclic amines) is 1. The summed E-state index contributed by atoms with van der Waals surface area (Å²) in [6.07, 6.45) is 5.88. The first-order valence-electron chi connectivity index (χ1n) is 8.36. The molecule has 0 bridgehead atoms. The molecule has 2 fully saturated rings. The van der Waals surface area contributed by atoms with Crippen molar-refractivity contribution in [3.05, 3.63) is 24.3 Å². The molecule has 1 atom stereocenters. The number of hydrogen-bond acceptors (Lipinski definition) is 6. The maximum atomic E-state index is 12.5. The van der Waals surface area contributed by atoms with Gasteiger partial charge in [-0.2, -0.15) is 0 Å². The second-order valence-electron chi connectivity index (χ2n) is 6.93. The number of rotatable bonds is 4. The van der Waals surface area contributed by atoms with Gasteiger partial charge in [-0.3, -0.25) is 4.79 Å². The van der Waals surface area contributed by atoms with E-state index in [1.807, 2.05) is 0 Å². The van der Waals surface area contributed by atoms with E-state index in [2.05, 4.69) is 9.97 Å². The van der Waals surface area contributed by atoms with Crippen LogP contribution in [0, 0.1) is 11.3 Å². The Bertz CT molecular complexity index is 717. The quantitative estimate of drug-likeness (QED) is 0.756. The monoisotopic (exact) mass is 368 g/mol. The highest BCUT2D eigenvalue weighted by atomic mass is 32.2. The highest BCUT2D eigenvalue weighted by Gasteiger charge is 2.50. The summed E-state index contributed by atoms with van der Waals surface area (Å²) in [6.45, 7) is 2.68. The van der Waals surface area contributed by atoms with E-state index in [1.54, 1.807) is 34.8 Å². The predicted octanol–water partition coefficient (Wildman–Crippen LogP) is 0.237. The third kappa shape index (κ3) is 3.68. The van der Waals surface area contributed by atoms with E-state index in [0.29, 0.717) is 32.8 Å². The van der Waals surface area contributed by atoms with Crippen molar-refractivity contribution in [2.75, 3.05) is 46.2 Å². The van der Waals surface area contributed by atoms with Crippen LogP contribution in [0.25, 0.3) is 0 Å². The van der Waals surface area contributed by atoms with Gasteiger partial charge in [0.05, 0.1) is 12.9 Å². The Labute approximate surface area is 148 Å². The fraction of sp³-hybridized carbons (Fsp3) is 0.688. The van der Waals surface area contributed by atoms with Crippen molar-refractivity contribution in [1.82, 2.24) is 19.2 Å². The molecule has 9 heteroatoms. The molecule has 8 nitrogen and oxygen atoms in total. The Hall–Kier alpha value is -1.58. The first-order chi connectivity index (χ1) is 11.9. The lowest BCUT2D eigenvalue weighted by atomic mass is 9.71. The molecule has 2 saturated heterocycles. The molecule has 25 heavy (non-hydrogen) atoms. The third-order valence-electron chi connectivity index (χ3n) is 5.42. The minimum Gasteiger partial charge on any atom is -0.384 e. The zero-order valence-electron chi connectivity index (χ0n) is 14.6. The summed E-state index contributed by atoms with van der Waals surface area (Å²) in [5.41, 5.74) is -0.132. The van der Waals surface area contributed by atoms with Crippen molar-refractivity contribution >= 4 is 15.9 Å². The number of piperidine rings is 1. The number of nitrogens with zero attached hydrogens (tertiary/aromatic N) is 4. The lowest BCUT2D eigenvalue weighted by Crippen LogP contribution is -2.47. The number of carbonyl (C=O) groups is 1. The van der Waals surface area contributed by atoms with Crippen LogP contribution in [0.1, 0.15) is 23.5 Å². The maximum absolute atomic E-state index is 12.5. The van der Waals surface area contributed by atoms with Crippen molar-refractivity contribution < 1.29 is 17.9 Å². The molecule has 1 amide bonds. The average Bonchev–Trinajstić information content (AvgIpc) is 2.95. The van der Waals surface area contributed by atoms with Gasteiger partial charge in [-0.15, -0.1) is 0 Å². The number of ether oxygens (including phenoxy) is 1. The predicted molar refractivity (Wildman–Crippen MR) is 91.4 cm³/mol. The van der Waals surface area contributed by atoms with E-state index >= 15 is 0 Å². The molecule has 0 radical (unpaired) electrons. The smallest absolute Gasteiger partial charge is 0.291 e. The number of aromatic nitrogens is 2. The Morgan fingerprint density at radius 2 is 1.96 bits per heavy atom. The van der Waals surface area contributed by atoms with Crippen LogP contribution < -0.4 is 0 Å². The Kier molecular flexibility index (Phi) is 5.08. The minimum atomic E-state index is -3.22. The molecule has 0 saturated carbocycles. The number of hydrogen-bond donors (Lipinski definition) is 0. The van der Waals surface area contributed by atoms with Crippen molar-refractivity contribution in [2.45, 2.75) is 12.8 Å². The van der Waals surface area contributed by atoms with Gasteiger partial charge in [0.1, 0.15) is 0 Å². The minimum absolute atomic E-state index is 0.132. The van der Waals surface area contributed by atoms with E-state index in [9.17, 15) is 13.2 Å². The van der Waals surface area contributed by atoms with Gasteiger partial charge in [-0.25, -0.2) is 22.7 Å². The summed E-state index contributed by atoms with van der Waals surface area (Å²) in [5, 5.41) is 0. The molecule has 0 aliphatic carbocycles. The summed E-state index contributed by atoms with van der Waals surface area (Å²) >= 11 is 0. The lowest BCUT2D eigenvalue weighted by molar-refractivity contribution is 0.0321. The average molecular weight is 368 g/mol. The molecule has 3 rings (SSSR count). The molecule has 3 heterocycles. The highest BCUT2D eigenvalue weighted by molar-refractivity contribution is 7.88. The Morgan fingerprint density at radius 1 is 1.32 bits per heavy atom. The summed E-state index contributed by atoms with van der Waals surface area (Å²) in [6, 6.07) is 1.68. The van der Waals surface area contributed by atoms with E-state index in [4.69, 9.17) is 4.74 Å². The molecule has 0 unspecified atom stereocenters. The zero-order chi connectivity index (χ0) is 18.1. The lowest BCUT2D eigenvalue weighted by Gasteiger charge is -2.42. The molecule has 1 aromatic heterocycles. The SMILES string of the molecule is COC[C@H]1CN(S(C)(=O)=O)CC12CCN(C(=O)c1ncccn1)CC2. The van der Waals surface area contributed by atoms with Crippen LogP contribution in [0.3, 0.4) is 0 Å². The summed E-state index contributed by atoms with van der Waals surface area (Å²) in [4.78, 5) is 22.3. The van der Waals surface area contributed by atoms with Crippen LogP contribution in [0.15, 0.2) is 18.5 Å². The first-order valence-corrected chi connectivity index (χ1v) is 10.2. The summed E-state index contributed by atoms with van der Waals surface area (Å²) < 4.78 is 30.8. The van der Waals surface area contributed by atoms with Gasteiger partial charge in [-0.1, -0.05) is 0 Å². The first kappa shape index (κ1) is 18.2. The zero-order valence-corrected chi connectivity index (χ0v) is 15.4. The number of amides is 1. The largest absolute Gasteiger partial charge is 0.384 e.